The minimum atomic E-state index is 0.988. The van der Waals surface area contributed by atoms with Gasteiger partial charge in [-0.2, -0.15) is 0 Å². The molecule has 0 saturated carbocycles. The third kappa shape index (κ3) is 4.71. The molecule has 0 spiro atoms. The van der Waals surface area contributed by atoms with E-state index in [1.807, 2.05) is 6.62 Å². The summed E-state index contributed by atoms with van der Waals surface area (Å²) in [4.78, 5) is 0. The van der Waals surface area contributed by atoms with Gasteiger partial charge < -0.3 is 0 Å². The van der Waals surface area contributed by atoms with Crippen LogP contribution in [0.2, 0.25) is 6.32 Å². The summed E-state index contributed by atoms with van der Waals surface area (Å²) in [6.07, 6.45) is 1.10. The van der Waals surface area contributed by atoms with E-state index in [9.17, 15) is 0 Å². The van der Waals surface area contributed by atoms with Crippen molar-refractivity contribution >= 4 is 25.3 Å². The van der Waals surface area contributed by atoms with Gasteiger partial charge in [0.2, 0.25) is 0 Å². The Morgan fingerprint density at radius 1 is 2.00 bits per heavy atom. The molecule has 0 fully saturated rings. The number of hydrogen-bond donors (Lipinski definition) is 0. The van der Waals surface area contributed by atoms with Crippen LogP contribution in [0.25, 0.3) is 0 Å². The van der Waals surface area contributed by atoms with Crippen LogP contribution >= 0.6 is 6.85 Å². The average Bonchev–Trinajstić information content (AvgIpc) is 1.41. The topological polar surface area (TPSA) is 0 Å². The van der Waals surface area contributed by atoms with Gasteiger partial charge in [-0.1, -0.05) is 0 Å². The maximum atomic E-state index is 4.57. The van der Waals surface area contributed by atoms with Gasteiger partial charge in [0.15, 0.2) is 0 Å². The average molecular weight is 103 g/mol. The fraction of sp³-hybridized carbons (Fsp3) is 1.00. The zero-order valence-corrected chi connectivity index (χ0v) is 4.85. The molecule has 0 unspecified atom stereocenters. The molecule has 0 N–H and O–H groups in total. The van der Waals surface area contributed by atoms with E-state index in [0.717, 1.165) is 13.2 Å². The van der Waals surface area contributed by atoms with Crippen molar-refractivity contribution < 1.29 is 0 Å². The first kappa shape index (κ1) is 5.71. The summed E-state index contributed by atoms with van der Waals surface area (Å²) in [7, 11) is 0. The van der Waals surface area contributed by atoms with Gasteiger partial charge in [0.05, 0.1) is 0 Å². The van der Waals surface area contributed by atoms with Gasteiger partial charge in [-0.3, -0.25) is 0 Å². The molecule has 5 heavy (non-hydrogen) atoms. The third-order valence-corrected chi connectivity index (χ3v) is 1.22. The van der Waals surface area contributed by atoms with E-state index < -0.39 is 0 Å². The molecule has 3 heteroatoms. The van der Waals surface area contributed by atoms with Gasteiger partial charge in [-0.25, -0.2) is 0 Å². The van der Waals surface area contributed by atoms with Crippen molar-refractivity contribution in [2.24, 2.45) is 0 Å². The Kier molecular flexibility index (Phi) is 5.39. The molecule has 0 atom stereocenters. The van der Waals surface area contributed by atoms with Crippen molar-refractivity contribution in [3.63, 3.8) is 0 Å². The molecular formula is C2H5BPS+. The molecule has 0 heterocycles. The number of hydrogen-bond acceptors (Lipinski definition) is 1. The van der Waals surface area contributed by atoms with Gasteiger partial charge in [-0.05, 0) is 0 Å². The van der Waals surface area contributed by atoms with E-state index in [1.165, 1.54) is 0 Å². The van der Waals surface area contributed by atoms with Crippen molar-refractivity contribution in [1.82, 2.24) is 0 Å². The molecule has 0 nitrogen and oxygen atoms in total. The summed E-state index contributed by atoms with van der Waals surface area (Å²) < 4.78 is 0. The molecule has 26 valence electrons. The third-order valence-electron chi connectivity index (χ3n) is 0.257. The van der Waals surface area contributed by atoms with E-state index in [2.05, 4.69) is 18.7 Å². The first-order valence-electron chi connectivity index (χ1n) is 1.56. The second kappa shape index (κ2) is 4.71. The van der Waals surface area contributed by atoms with Crippen LogP contribution in [0.5, 0.6) is 0 Å². The molecule has 0 aliphatic rings. The van der Waals surface area contributed by atoms with Crippen molar-refractivity contribution in [2.45, 2.75) is 13.2 Å². The first-order valence-corrected chi connectivity index (χ1v) is 3.53. The van der Waals surface area contributed by atoms with Gasteiger partial charge in [0.1, 0.15) is 0 Å². The van der Waals surface area contributed by atoms with Crippen LogP contribution in [0.4, 0.5) is 0 Å². The zero-order valence-electron chi connectivity index (χ0n) is 3.14. The second-order valence-corrected chi connectivity index (χ2v) is 1.90. The monoisotopic (exact) mass is 103 g/mol. The molecule has 0 aromatic carbocycles. The maximum absolute atomic E-state index is 4.57. The quantitative estimate of drug-likeness (QED) is 0.357. The summed E-state index contributed by atoms with van der Waals surface area (Å²) in [5, 5.41) is 0. The Morgan fingerprint density at radius 2 is 2.60 bits per heavy atom. The van der Waals surface area contributed by atoms with Crippen LogP contribution in [-0.2, 0) is 11.8 Å². The molecule has 0 amide bonds. The van der Waals surface area contributed by atoms with Gasteiger partial charge in [0.25, 0.3) is 0 Å². The Hall–Kier alpha value is 0.715. The summed E-state index contributed by atoms with van der Waals surface area (Å²) in [6, 6.07) is 0. The normalized spacial score (nSPS) is 5.80. The van der Waals surface area contributed by atoms with E-state index in [0.29, 0.717) is 0 Å². The SMILES string of the molecule is CCB=[P+]=S. The van der Waals surface area contributed by atoms with Crippen molar-refractivity contribution in [2.75, 3.05) is 0 Å². The van der Waals surface area contributed by atoms with Crippen LogP contribution in [0, 0.1) is 0 Å². The van der Waals surface area contributed by atoms with Gasteiger partial charge in [-0.15, -0.1) is 0 Å². The molecule has 0 saturated heterocycles. The van der Waals surface area contributed by atoms with Crippen LogP contribution < -0.4 is 0 Å². The molecule has 0 rings (SSSR count). The predicted octanol–water partition coefficient (Wildman–Crippen LogP) is 1.45. The predicted molar refractivity (Wildman–Crippen MR) is 30.5 cm³/mol. The molecule has 0 aliphatic heterocycles. The van der Waals surface area contributed by atoms with E-state index in [-0.39, 0.29) is 0 Å². The Morgan fingerprint density at radius 3 is 2.60 bits per heavy atom. The molecule has 0 radical (unpaired) electrons. The summed E-state index contributed by atoms with van der Waals surface area (Å²) in [5.74, 6) is 0. The van der Waals surface area contributed by atoms with Crippen LogP contribution in [-0.4, -0.2) is 6.62 Å². The minimum absolute atomic E-state index is 0.988. The molecule has 0 bridgehead atoms. The Labute approximate surface area is 39.2 Å². The van der Waals surface area contributed by atoms with Crippen LogP contribution in [0.15, 0.2) is 0 Å². The second-order valence-electron chi connectivity index (χ2n) is 0.696. The van der Waals surface area contributed by atoms with Crippen LogP contribution in [0.3, 0.4) is 0 Å². The van der Waals surface area contributed by atoms with Crippen molar-refractivity contribution in [3.8, 4) is 0 Å². The van der Waals surface area contributed by atoms with E-state index in [1.54, 1.807) is 0 Å². The Bertz CT molecular complexity index is 56.7. The summed E-state index contributed by atoms with van der Waals surface area (Å²) >= 11 is 4.57. The van der Waals surface area contributed by atoms with Crippen molar-refractivity contribution in [3.05, 3.63) is 0 Å². The van der Waals surface area contributed by atoms with Crippen molar-refractivity contribution in [1.29, 1.82) is 0 Å². The fourth-order valence-corrected chi connectivity index (χ4v) is 0.671. The summed E-state index contributed by atoms with van der Waals surface area (Å²) in [5.41, 5.74) is 0. The fourth-order valence-electron chi connectivity index (χ4n) is 0.0745. The van der Waals surface area contributed by atoms with Gasteiger partial charge >= 0.3 is 38.5 Å². The van der Waals surface area contributed by atoms with E-state index >= 15 is 0 Å². The van der Waals surface area contributed by atoms with E-state index in [4.69, 9.17) is 0 Å². The van der Waals surface area contributed by atoms with Crippen LogP contribution in [0.1, 0.15) is 6.92 Å². The molecule has 0 aromatic heterocycles. The number of rotatable bonds is 1. The zero-order chi connectivity index (χ0) is 4.12. The Balaban J connectivity index is 2.93. The molecule has 0 aliphatic carbocycles. The molecular weight excluding hydrogens is 97.9 g/mol. The standard InChI is InChI=1S/C2H5BPS/c1-2-3-4-5/h2H2,1H3/q+1. The van der Waals surface area contributed by atoms with Gasteiger partial charge in [0, 0.05) is 0 Å². The first-order chi connectivity index (χ1) is 2.41. The summed E-state index contributed by atoms with van der Waals surface area (Å²) in [6.45, 7) is 5.11. The molecule has 0 aromatic rings.